The van der Waals surface area contributed by atoms with Crippen LogP contribution in [0.5, 0.6) is 0 Å². The van der Waals surface area contributed by atoms with Crippen LogP contribution in [0.1, 0.15) is 5.56 Å². The van der Waals surface area contributed by atoms with Gasteiger partial charge in [0.2, 0.25) is 10.0 Å². The van der Waals surface area contributed by atoms with Gasteiger partial charge in [-0.05, 0) is 51.7 Å². The molecule has 3 rings (SSSR count). The van der Waals surface area contributed by atoms with E-state index >= 15 is 0 Å². The van der Waals surface area contributed by atoms with Crippen molar-refractivity contribution in [1.82, 2.24) is 4.72 Å². The molecule has 0 spiro atoms. The highest BCUT2D eigenvalue weighted by atomic mass is 32.2. The lowest BCUT2D eigenvalue weighted by molar-refractivity contribution is 0.577. The Hall–Kier alpha value is -2.02. The van der Waals surface area contributed by atoms with Crippen LogP contribution >= 0.6 is 11.3 Å². The lowest BCUT2D eigenvalue weighted by Gasteiger charge is -2.10. The maximum Gasteiger partial charge on any atom is 0.240 e. The SMILES string of the molecule is O=S(=O)(NCc1ccccc1-c1ccsc1)c1cccc(F)c1. The molecule has 0 aliphatic carbocycles. The molecule has 0 unspecified atom stereocenters. The van der Waals surface area contributed by atoms with Crippen LogP contribution in [0.2, 0.25) is 0 Å². The van der Waals surface area contributed by atoms with Crippen molar-refractivity contribution in [2.75, 3.05) is 0 Å². The van der Waals surface area contributed by atoms with Crippen LogP contribution in [-0.4, -0.2) is 8.42 Å². The number of hydrogen-bond donors (Lipinski definition) is 1. The molecule has 0 amide bonds. The van der Waals surface area contributed by atoms with Gasteiger partial charge in [-0.3, -0.25) is 0 Å². The number of nitrogens with one attached hydrogen (secondary N) is 1. The predicted molar refractivity (Wildman–Crippen MR) is 90.2 cm³/mol. The van der Waals surface area contributed by atoms with Crippen LogP contribution < -0.4 is 4.72 Å². The summed E-state index contributed by atoms with van der Waals surface area (Å²) in [6.07, 6.45) is 0. The van der Waals surface area contributed by atoms with E-state index in [1.54, 1.807) is 11.3 Å². The first-order valence-corrected chi connectivity index (χ1v) is 9.34. The molecule has 1 heterocycles. The molecule has 0 saturated carbocycles. The smallest absolute Gasteiger partial charge is 0.207 e. The van der Waals surface area contributed by atoms with Crippen molar-refractivity contribution in [1.29, 1.82) is 0 Å². The van der Waals surface area contributed by atoms with Crippen LogP contribution in [0.25, 0.3) is 11.1 Å². The molecule has 2 aromatic carbocycles. The maximum absolute atomic E-state index is 13.2. The fraction of sp³-hybridized carbons (Fsp3) is 0.0588. The number of sulfonamides is 1. The van der Waals surface area contributed by atoms with Gasteiger partial charge >= 0.3 is 0 Å². The normalized spacial score (nSPS) is 11.5. The molecule has 6 heteroatoms. The maximum atomic E-state index is 13.2. The zero-order chi connectivity index (χ0) is 16.3. The molecule has 0 atom stereocenters. The first-order valence-electron chi connectivity index (χ1n) is 6.92. The van der Waals surface area contributed by atoms with E-state index in [4.69, 9.17) is 0 Å². The van der Waals surface area contributed by atoms with Crippen LogP contribution in [0.15, 0.2) is 70.3 Å². The summed E-state index contributed by atoms with van der Waals surface area (Å²) < 4.78 is 40.3. The summed E-state index contributed by atoms with van der Waals surface area (Å²) in [5.41, 5.74) is 2.90. The van der Waals surface area contributed by atoms with Crippen molar-refractivity contribution in [3.8, 4) is 11.1 Å². The third-order valence-electron chi connectivity index (χ3n) is 3.41. The first kappa shape index (κ1) is 15.9. The minimum absolute atomic E-state index is 0.0782. The molecule has 118 valence electrons. The highest BCUT2D eigenvalue weighted by Crippen LogP contribution is 2.26. The molecule has 1 N–H and O–H groups in total. The minimum atomic E-state index is -3.75. The van der Waals surface area contributed by atoms with E-state index in [1.165, 1.54) is 18.2 Å². The summed E-state index contributed by atoms with van der Waals surface area (Å²) in [6, 6.07) is 14.6. The molecule has 0 saturated heterocycles. The largest absolute Gasteiger partial charge is 0.240 e. The Kier molecular flexibility index (Phi) is 4.56. The van der Waals surface area contributed by atoms with Crippen molar-refractivity contribution in [2.45, 2.75) is 11.4 Å². The van der Waals surface area contributed by atoms with Gasteiger partial charge in [0.1, 0.15) is 5.82 Å². The van der Waals surface area contributed by atoms with E-state index in [-0.39, 0.29) is 11.4 Å². The van der Waals surface area contributed by atoms with Crippen LogP contribution in [0.3, 0.4) is 0 Å². The Morgan fingerprint density at radius 1 is 1.04 bits per heavy atom. The molecule has 0 aliphatic rings. The van der Waals surface area contributed by atoms with Crippen molar-refractivity contribution in [2.24, 2.45) is 0 Å². The second-order valence-corrected chi connectivity index (χ2v) is 7.50. The van der Waals surface area contributed by atoms with Gasteiger partial charge in [0.25, 0.3) is 0 Å². The summed E-state index contributed by atoms with van der Waals surface area (Å²) >= 11 is 1.58. The van der Waals surface area contributed by atoms with Crippen LogP contribution in [0.4, 0.5) is 4.39 Å². The van der Waals surface area contributed by atoms with Gasteiger partial charge in [-0.25, -0.2) is 17.5 Å². The van der Waals surface area contributed by atoms with Crippen LogP contribution in [0, 0.1) is 5.82 Å². The van der Waals surface area contributed by atoms with Crippen molar-refractivity contribution in [3.05, 3.63) is 76.7 Å². The summed E-state index contributed by atoms with van der Waals surface area (Å²) in [5.74, 6) is -0.577. The number of rotatable bonds is 5. The second kappa shape index (κ2) is 6.62. The molecule has 23 heavy (non-hydrogen) atoms. The van der Waals surface area contributed by atoms with Crippen molar-refractivity contribution < 1.29 is 12.8 Å². The van der Waals surface area contributed by atoms with Gasteiger partial charge in [-0.15, -0.1) is 0 Å². The molecule has 0 fully saturated rings. The highest BCUT2D eigenvalue weighted by molar-refractivity contribution is 7.89. The molecule has 0 radical (unpaired) electrons. The molecule has 3 nitrogen and oxygen atoms in total. The predicted octanol–water partition coefficient (Wildman–Crippen LogP) is 4.03. The zero-order valence-corrected chi connectivity index (χ0v) is 13.7. The van der Waals surface area contributed by atoms with E-state index in [2.05, 4.69) is 4.72 Å². The average Bonchev–Trinajstić information content (AvgIpc) is 3.08. The highest BCUT2D eigenvalue weighted by Gasteiger charge is 2.15. The average molecular weight is 347 g/mol. The Morgan fingerprint density at radius 2 is 1.87 bits per heavy atom. The number of benzene rings is 2. The third kappa shape index (κ3) is 3.67. The van der Waals surface area contributed by atoms with Gasteiger partial charge in [0.15, 0.2) is 0 Å². The topological polar surface area (TPSA) is 46.2 Å². The molecular weight excluding hydrogens is 333 g/mol. The molecule has 1 aromatic heterocycles. The Bertz CT molecular complexity index is 906. The third-order valence-corrected chi connectivity index (χ3v) is 5.49. The monoisotopic (exact) mass is 347 g/mol. The Labute approximate surface area is 138 Å². The fourth-order valence-corrected chi connectivity index (χ4v) is 3.96. The van der Waals surface area contributed by atoms with Crippen LogP contribution in [-0.2, 0) is 16.6 Å². The fourth-order valence-electron chi connectivity index (χ4n) is 2.26. The van der Waals surface area contributed by atoms with Crippen molar-refractivity contribution >= 4 is 21.4 Å². The molecule has 3 aromatic rings. The number of thiophene rings is 1. The number of halogens is 1. The summed E-state index contributed by atoms with van der Waals surface area (Å²) in [7, 11) is -3.75. The van der Waals surface area contributed by atoms with Gasteiger partial charge < -0.3 is 0 Å². The van der Waals surface area contributed by atoms with E-state index in [0.29, 0.717) is 0 Å². The molecular formula is C17H14FNO2S2. The lowest BCUT2D eigenvalue weighted by atomic mass is 10.0. The summed E-state index contributed by atoms with van der Waals surface area (Å²) in [5, 5.41) is 3.99. The lowest BCUT2D eigenvalue weighted by Crippen LogP contribution is -2.23. The zero-order valence-electron chi connectivity index (χ0n) is 12.1. The van der Waals surface area contributed by atoms with E-state index in [1.807, 2.05) is 41.1 Å². The van der Waals surface area contributed by atoms with Crippen molar-refractivity contribution in [3.63, 3.8) is 0 Å². The number of hydrogen-bond acceptors (Lipinski definition) is 3. The standard InChI is InChI=1S/C17H14FNO2S2/c18-15-5-3-6-16(10-15)23(20,21)19-11-13-4-1-2-7-17(13)14-8-9-22-12-14/h1-10,12,19H,11H2. The van der Waals surface area contributed by atoms with Gasteiger partial charge in [-0.2, -0.15) is 11.3 Å². The Morgan fingerprint density at radius 3 is 2.61 bits per heavy atom. The first-order chi connectivity index (χ1) is 11.1. The van der Waals surface area contributed by atoms with E-state index in [0.717, 1.165) is 22.8 Å². The van der Waals surface area contributed by atoms with Gasteiger partial charge in [0, 0.05) is 6.54 Å². The Balaban J connectivity index is 1.84. The summed E-state index contributed by atoms with van der Waals surface area (Å²) in [4.78, 5) is -0.0782. The quantitative estimate of drug-likeness (QED) is 0.757. The van der Waals surface area contributed by atoms with E-state index in [9.17, 15) is 12.8 Å². The van der Waals surface area contributed by atoms with Gasteiger partial charge in [-0.1, -0.05) is 30.3 Å². The minimum Gasteiger partial charge on any atom is -0.207 e. The molecule has 0 bridgehead atoms. The summed E-state index contributed by atoms with van der Waals surface area (Å²) in [6.45, 7) is 0.144. The molecule has 0 aliphatic heterocycles. The van der Waals surface area contributed by atoms with E-state index < -0.39 is 15.8 Å². The second-order valence-electron chi connectivity index (χ2n) is 4.95. The van der Waals surface area contributed by atoms with Gasteiger partial charge in [0.05, 0.1) is 4.90 Å².